The molecule has 0 saturated carbocycles. The molecule has 0 aliphatic rings. The number of hydrogen-bond acceptors (Lipinski definition) is 2. The number of rotatable bonds is 2. The molecule has 2 N–H and O–H groups in total. The van der Waals surface area contributed by atoms with E-state index < -0.39 is 23.2 Å². The molecule has 2 rings (SSSR count). The Labute approximate surface area is 106 Å². The summed E-state index contributed by atoms with van der Waals surface area (Å²) in [7, 11) is 0. The summed E-state index contributed by atoms with van der Waals surface area (Å²) in [6.07, 6.45) is 0. The van der Waals surface area contributed by atoms with Crippen LogP contribution in [-0.2, 0) is 0 Å². The SMILES string of the molecule is Nc1ccc(F)c(F)c1Oc1cccc(Cl)c1F. The molecule has 0 bridgehead atoms. The standard InChI is InChI=1S/C12H7ClF3NO/c13-6-2-1-3-9(10(6)15)18-12-8(17)5-4-7(14)11(12)16/h1-5H,17H2. The topological polar surface area (TPSA) is 35.2 Å². The van der Waals surface area contributed by atoms with Crippen molar-refractivity contribution in [3.8, 4) is 11.5 Å². The van der Waals surface area contributed by atoms with E-state index in [4.69, 9.17) is 22.1 Å². The fourth-order valence-corrected chi connectivity index (χ4v) is 1.49. The predicted octanol–water partition coefficient (Wildman–Crippen LogP) is 4.13. The smallest absolute Gasteiger partial charge is 0.203 e. The number of benzene rings is 2. The van der Waals surface area contributed by atoms with Gasteiger partial charge in [0.15, 0.2) is 23.1 Å². The van der Waals surface area contributed by atoms with Gasteiger partial charge in [0.2, 0.25) is 5.82 Å². The maximum atomic E-state index is 13.5. The van der Waals surface area contributed by atoms with Gasteiger partial charge in [0.1, 0.15) is 0 Å². The largest absolute Gasteiger partial charge is 0.449 e. The van der Waals surface area contributed by atoms with Gasteiger partial charge in [-0.25, -0.2) is 8.78 Å². The van der Waals surface area contributed by atoms with Crippen molar-refractivity contribution < 1.29 is 17.9 Å². The van der Waals surface area contributed by atoms with Crippen molar-refractivity contribution in [1.29, 1.82) is 0 Å². The minimum atomic E-state index is -1.28. The Bertz CT molecular complexity index is 604. The zero-order chi connectivity index (χ0) is 13.3. The third-order valence-electron chi connectivity index (χ3n) is 2.21. The average molecular weight is 274 g/mol. The Morgan fingerprint density at radius 1 is 1.00 bits per heavy atom. The highest BCUT2D eigenvalue weighted by Gasteiger charge is 2.16. The fraction of sp³-hybridized carbons (Fsp3) is 0. The van der Waals surface area contributed by atoms with Crippen LogP contribution in [0.3, 0.4) is 0 Å². The van der Waals surface area contributed by atoms with Crippen molar-refractivity contribution in [2.75, 3.05) is 5.73 Å². The van der Waals surface area contributed by atoms with Crippen molar-refractivity contribution in [3.05, 3.63) is 52.8 Å². The maximum absolute atomic E-state index is 13.5. The molecule has 0 radical (unpaired) electrons. The van der Waals surface area contributed by atoms with Crippen molar-refractivity contribution in [2.45, 2.75) is 0 Å². The molecule has 0 spiro atoms. The lowest BCUT2D eigenvalue weighted by Gasteiger charge is -2.10. The minimum Gasteiger partial charge on any atom is -0.449 e. The molecular formula is C12H7ClF3NO. The van der Waals surface area contributed by atoms with Gasteiger partial charge in [0.05, 0.1) is 10.7 Å². The monoisotopic (exact) mass is 273 g/mol. The summed E-state index contributed by atoms with van der Waals surface area (Å²) >= 11 is 5.54. The Morgan fingerprint density at radius 2 is 1.72 bits per heavy atom. The number of nitrogens with two attached hydrogens (primary N) is 1. The molecule has 2 nitrogen and oxygen atoms in total. The summed E-state index contributed by atoms with van der Waals surface area (Å²) in [5.74, 6) is -4.20. The van der Waals surface area contributed by atoms with E-state index in [1.165, 1.54) is 18.2 Å². The number of halogens is 4. The molecule has 0 atom stereocenters. The molecule has 0 unspecified atom stereocenters. The van der Waals surface area contributed by atoms with Crippen molar-refractivity contribution >= 4 is 17.3 Å². The molecule has 6 heteroatoms. The third-order valence-corrected chi connectivity index (χ3v) is 2.50. The van der Waals surface area contributed by atoms with Crippen molar-refractivity contribution in [3.63, 3.8) is 0 Å². The van der Waals surface area contributed by atoms with Crippen LogP contribution in [0.4, 0.5) is 18.9 Å². The Kier molecular flexibility index (Phi) is 3.34. The maximum Gasteiger partial charge on any atom is 0.203 e. The van der Waals surface area contributed by atoms with Crippen LogP contribution < -0.4 is 10.5 Å². The summed E-state index contributed by atoms with van der Waals surface area (Å²) in [5, 5.41) is -0.192. The minimum absolute atomic E-state index is 0.145. The van der Waals surface area contributed by atoms with Gasteiger partial charge in [-0.05, 0) is 24.3 Å². The number of anilines is 1. The summed E-state index contributed by atoms with van der Waals surface area (Å²) in [5.41, 5.74) is 5.29. The van der Waals surface area contributed by atoms with E-state index in [0.717, 1.165) is 12.1 Å². The lowest BCUT2D eigenvalue weighted by atomic mass is 10.2. The summed E-state index contributed by atoms with van der Waals surface area (Å²) < 4.78 is 44.9. The highest BCUT2D eigenvalue weighted by atomic mass is 35.5. The molecule has 0 saturated heterocycles. The highest BCUT2D eigenvalue weighted by Crippen LogP contribution is 2.34. The quantitative estimate of drug-likeness (QED) is 0.835. The second kappa shape index (κ2) is 4.78. The highest BCUT2D eigenvalue weighted by molar-refractivity contribution is 6.30. The predicted molar refractivity (Wildman–Crippen MR) is 62.3 cm³/mol. The van der Waals surface area contributed by atoms with Crippen LogP contribution in [0.1, 0.15) is 0 Å². The second-order valence-corrected chi connectivity index (χ2v) is 3.84. The van der Waals surface area contributed by atoms with Crippen LogP contribution in [0.25, 0.3) is 0 Å². The molecule has 2 aromatic carbocycles. The van der Waals surface area contributed by atoms with Gasteiger partial charge in [0.25, 0.3) is 0 Å². The van der Waals surface area contributed by atoms with Crippen LogP contribution in [0.15, 0.2) is 30.3 Å². The van der Waals surface area contributed by atoms with Gasteiger partial charge in [0, 0.05) is 0 Å². The van der Waals surface area contributed by atoms with Gasteiger partial charge in [-0.15, -0.1) is 0 Å². The Balaban J connectivity index is 2.46. The van der Waals surface area contributed by atoms with Gasteiger partial charge < -0.3 is 10.5 Å². The van der Waals surface area contributed by atoms with Crippen LogP contribution in [0, 0.1) is 17.5 Å². The summed E-state index contributed by atoms with van der Waals surface area (Å²) in [6, 6.07) is 5.91. The molecule has 0 aliphatic heterocycles. The third kappa shape index (κ3) is 2.22. The second-order valence-electron chi connectivity index (χ2n) is 3.43. The van der Waals surface area contributed by atoms with Gasteiger partial charge >= 0.3 is 0 Å². The van der Waals surface area contributed by atoms with Crippen LogP contribution in [0.2, 0.25) is 5.02 Å². The number of ether oxygens (including phenoxy) is 1. The Morgan fingerprint density at radius 3 is 2.44 bits per heavy atom. The summed E-state index contributed by atoms with van der Waals surface area (Å²) in [4.78, 5) is 0. The molecular weight excluding hydrogens is 267 g/mol. The molecule has 0 fully saturated rings. The van der Waals surface area contributed by atoms with E-state index in [9.17, 15) is 13.2 Å². The number of nitrogen functional groups attached to an aromatic ring is 1. The first-order valence-electron chi connectivity index (χ1n) is 4.86. The first-order valence-corrected chi connectivity index (χ1v) is 5.24. The van der Waals surface area contributed by atoms with E-state index >= 15 is 0 Å². The van der Waals surface area contributed by atoms with Crippen molar-refractivity contribution in [1.82, 2.24) is 0 Å². The molecule has 94 valence electrons. The molecule has 18 heavy (non-hydrogen) atoms. The van der Waals surface area contributed by atoms with Crippen LogP contribution in [0.5, 0.6) is 11.5 Å². The fourth-order valence-electron chi connectivity index (χ4n) is 1.32. The van der Waals surface area contributed by atoms with E-state index in [1.807, 2.05) is 0 Å². The van der Waals surface area contributed by atoms with E-state index in [1.54, 1.807) is 0 Å². The molecule has 0 heterocycles. The van der Waals surface area contributed by atoms with E-state index in [-0.39, 0.29) is 16.5 Å². The number of hydrogen-bond donors (Lipinski definition) is 1. The van der Waals surface area contributed by atoms with Crippen molar-refractivity contribution in [2.24, 2.45) is 0 Å². The van der Waals surface area contributed by atoms with Gasteiger partial charge in [-0.3, -0.25) is 0 Å². The molecule has 2 aromatic rings. The molecule has 0 amide bonds. The zero-order valence-corrected chi connectivity index (χ0v) is 9.64. The molecule has 0 aliphatic carbocycles. The lowest BCUT2D eigenvalue weighted by molar-refractivity contribution is 0.399. The normalized spacial score (nSPS) is 10.4. The lowest BCUT2D eigenvalue weighted by Crippen LogP contribution is -1.99. The van der Waals surface area contributed by atoms with E-state index in [2.05, 4.69) is 0 Å². The Hall–Kier alpha value is -1.88. The average Bonchev–Trinajstić information content (AvgIpc) is 2.35. The zero-order valence-electron chi connectivity index (χ0n) is 8.88. The van der Waals surface area contributed by atoms with Gasteiger partial charge in [-0.2, -0.15) is 4.39 Å². The van der Waals surface area contributed by atoms with Crippen LogP contribution >= 0.6 is 11.6 Å². The van der Waals surface area contributed by atoms with Gasteiger partial charge in [-0.1, -0.05) is 17.7 Å². The summed E-state index contributed by atoms with van der Waals surface area (Å²) in [6.45, 7) is 0. The van der Waals surface area contributed by atoms with Crippen LogP contribution in [-0.4, -0.2) is 0 Å². The molecule has 0 aromatic heterocycles. The first kappa shape index (κ1) is 12.6. The first-order chi connectivity index (χ1) is 8.50. The van der Waals surface area contributed by atoms with E-state index in [0.29, 0.717) is 0 Å².